The van der Waals surface area contributed by atoms with Gasteiger partial charge in [0.1, 0.15) is 0 Å². The summed E-state index contributed by atoms with van der Waals surface area (Å²) in [6.45, 7) is 5.34. The number of carbonyl (C=O) groups excluding carboxylic acids is 3. The van der Waals surface area contributed by atoms with Crippen LogP contribution in [0.3, 0.4) is 0 Å². The highest BCUT2D eigenvalue weighted by Crippen LogP contribution is 2.26. The van der Waals surface area contributed by atoms with Crippen LogP contribution < -0.4 is 17.1 Å². The Balaban J connectivity index is 2.76. The molecule has 0 unspecified atom stereocenters. The fourth-order valence-corrected chi connectivity index (χ4v) is 10.2. The maximum atomic E-state index is 13.4. The van der Waals surface area contributed by atoms with Gasteiger partial charge in [-0.25, -0.2) is 28.1 Å². The van der Waals surface area contributed by atoms with Gasteiger partial charge in [0.2, 0.25) is 19.8 Å². The number of hydrogen-bond donors (Lipinski definition) is 0. The lowest BCUT2D eigenvalue weighted by atomic mass is 10.1. The minimum Gasteiger partial charge on any atom is -0.329 e. The van der Waals surface area contributed by atoms with Crippen LogP contribution >= 0.6 is 64.8 Å². The average molecular weight is 877 g/mol. The summed E-state index contributed by atoms with van der Waals surface area (Å²) in [7, 11) is 7.71. The first-order valence-electron chi connectivity index (χ1n) is 19.7. The Morgan fingerprint density at radius 3 is 0.926 bits per heavy atom. The van der Waals surface area contributed by atoms with E-state index in [1.54, 1.807) is 0 Å². The van der Waals surface area contributed by atoms with E-state index in [4.69, 9.17) is 14.2 Å². The molecule has 1 heterocycles. The lowest BCUT2D eigenvalue weighted by molar-refractivity contribution is 0.237. The molecule has 12 nitrogen and oxygen atoms in total. The predicted octanol–water partition coefficient (Wildman–Crippen LogP) is 8.83. The molecule has 0 aliphatic heterocycles. The van der Waals surface area contributed by atoms with Crippen molar-refractivity contribution < 1.29 is 28.6 Å². The second-order valence-corrected chi connectivity index (χ2v) is 19.8. The van der Waals surface area contributed by atoms with Gasteiger partial charge in [0, 0.05) is 17.3 Å². The highest BCUT2D eigenvalue weighted by molar-refractivity contribution is 8.82. The molecule has 0 atom stereocenters. The van der Waals surface area contributed by atoms with Crippen molar-refractivity contribution in [2.75, 3.05) is 37.1 Å². The third kappa shape index (κ3) is 25.2. The Hall–Kier alpha value is -1.08. The zero-order chi connectivity index (χ0) is 39.7. The predicted molar refractivity (Wildman–Crippen MR) is 238 cm³/mol. The summed E-state index contributed by atoms with van der Waals surface area (Å²) in [4.78, 5) is 70.8. The number of aromatic nitrogens is 3. The normalized spacial score (nSPS) is 11.2. The Labute approximate surface area is 345 Å². The Morgan fingerprint density at radius 2 is 0.667 bits per heavy atom. The van der Waals surface area contributed by atoms with E-state index < -0.39 is 17.1 Å². The summed E-state index contributed by atoms with van der Waals surface area (Å²) in [5.41, 5.74) is -2.58. The second-order valence-electron chi connectivity index (χ2n) is 12.7. The molecule has 0 saturated heterocycles. The molecular formula is C36H66N3O9S6+3. The van der Waals surface area contributed by atoms with Crippen LogP contribution in [-0.4, -0.2) is 81.1 Å². The molecule has 0 saturated carbocycles. The SMILES string of the molecule is CCCCCCCCSSC(=[OH+])OCCn1c(=O)n(CCOC(=[OH+])SSCCCCCCCC)c(=O)n(CCOC(=[OH+])SSCCCCCCCC)c1=O. The summed E-state index contributed by atoms with van der Waals surface area (Å²) in [5.74, 6) is 2.57. The van der Waals surface area contributed by atoms with Gasteiger partial charge in [-0.2, -0.15) is 0 Å². The number of unbranched alkanes of at least 4 members (excludes halogenated alkanes) is 15. The fraction of sp³-hybridized carbons (Fsp3) is 0.833. The standard InChI is InChI=1S/C36H63N3O9S6/c1-4-7-10-13-16-19-28-49-52-34(43)46-25-22-37-31(40)38(23-26-47-35(44)53-50-29-20-17-14-11-8-5-2)33(42)39(32(37)41)24-27-48-36(45)54-51-30-21-18-15-12-9-6-3/h4-30H2,1-3H3/p+3. The van der Waals surface area contributed by atoms with Gasteiger partial charge in [-0.15, -0.1) is 0 Å². The van der Waals surface area contributed by atoms with Crippen LogP contribution in [0, 0.1) is 0 Å². The second kappa shape index (κ2) is 35.1. The topological polar surface area (TPSA) is 158 Å². The van der Waals surface area contributed by atoms with E-state index in [0.717, 1.165) is 102 Å². The van der Waals surface area contributed by atoms with Crippen molar-refractivity contribution in [1.29, 1.82) is 0 Å². The minimum atomic E-state index is -0.861. The lowest BCUT2D eigenvalue weighted by Crippen LogP contribution is -2.55. The number of rotatable bonds is 33. The molecule has 0 aliphatic rings. The first-order valence-corrected chi connectivity index (χ1v) is 26.6. The minimum absolute atomic E-state index is 0.182. The molecule has 0 amide bonds. The van der Waals surface area contributed by atoms with Gasteiger partial charge in [0.15, 0.2) is 0 Å². The Bertz CT molecular complexity index is 1150. The highest BCUT2D eigenvalue weighted by Gasteiger charge is 2.22. The van der Waals surface area contributed by atoms with Gasteiger partial charge in [0.25, 0.3) is 0 Å². The first-order chi connectivity index (χ1) is 26.3. The molecule has 0 radical (unpaired) electrons. The summed E-state index contributed by atoms with van der Waals surface area (Å²) in [5, 5.41) is -0.819. The summed E-state index contributed by atoms with van der Waals surface area (Å²) in [6, 6.07) is 0. The average Bonchev–Trinajstić information content (AvgIpc) is 3.15. The van der Waals surface area contributed by atoms with Crippen LogP contribution in [0.2, 0.25) is 0 Å². The summed E-state index contributed by atoms with van der Waals surface area (Å²) in [6.07, 6.45) is 21.2. The maximum absolute atomic E-state index is 13.4. The third-order valence-corrected chi connectivity index (χ3v) is 14.5. The molecule has 0 spiro atoms. The molecule has 3 N–H and O–H groups in total. The van der Waals surface area contributed by atoms with Crippen LogP contribution in [0.5, 0.6) is 0 Å². The van der Waals surface area contributed by atoms with Crippen molar-refractivity contribution in [3.63, 3.8) is 0 Å². The van der Waals surface area contributed by atoms with Crippen molar-refractivity contribution in [3.8, 4) is 0 Å². The van der Waals surface area contributed by atoms with E-state index in [9.17, 15) is 28.8 Å². The van der Waals surface area contributed by atoms with Crippen LogP contribution in [0.15, 0.2) is 14.4 Å². The fourth-order valence-electron chi connectivity index (χ4n) is 5.10. The molecular weight excluding hydrogens is 811 g/mol. The number of nitrogens with zero attached hydrogens (tertiary/aromatic N) is 3. The first kappa shape index (κ1) is 50.9. The Morgan fingerprint density at radius 1 is 0.426 bits per heavy atom. The van der Waals surface area contributed by atoms with Gasteiger partial charge in [-0.05, 0) is 19.3 Å². The van der Waals surface area contributed by atoms with Crippen LogP contribution in [-0.2, 0) is 33.8 Å². The van der Waals surface area contributed by atoms with E-state index in [2.05, 4.69) is 20.8 Å². The molecule has 1 rings (SSSR count). The van der Waals surface area contributed by atoms with Crippen molar-refractivity contribution in [2.45, 2.75) is 156 Å². The molecule has 0 aromatic carbocycles. The maximum Gasteiger partial charge on any atom is 0.561 e. The van der Waals surface area contributed by atoms with Gasteiger partial charge < -0.3 is 28.6 Å². The molecule has 0 fully saturated rings. The van der Waals surface area contributed by atoms with Crippen molar-refractivity contribution in [3.05, 3.63) is 31.5 Å². The molecule has 0 bridgehead atoms. The van der Waals surface area contributed by atoms with Gasteiger partial charge in [-0.3, -0.25) is 0 Å². The van der Waals surface area contributed by atoms with E-state index in [-0.39, 0.29) is 55.4 Å². The zero-order valence-corrected chi connectivity index (χ0v) is 37.6. The molecule has 312 valence electrons. The molecule has 1 aromatic rings. The van der Waals surface area contributed by atoms with Crippen molar-refractivity contribution >= 4 is 80.7 Å². The van der Waals surface area contributed by atoms with Gasteiger partial charge in [-0.1, -0.05) is 149 Å². The highest BCUT2D eigenvalue weighted by atomic mass is 33.1. The zero-order valence-electron chi connectivity index (χ0n) is 32.7. The summed E-state index contributed by atoms with van der Waals surface area (Å²) >= 11 is 0. The smallest absolute Gasteiger partial charge is 0.329 e. The van der Waals surface area contributed by atoms with Crippen LogP contribution in [0.4, 0.5) is 0 Å². The number of ether oxygens (including phenoxy) is 3. The molecule has 0 aliphatic carbocycles. The number of hydrogen-bond acceptors (Lipinski definition) is 12. The van der Waals surface area contributed by atoms with E-state index in [0.29, 0.717) is 0 Å². The monoisotopic (exact) mass is 876 g/mol. The largest absolute Gasteiger partial charge is 0.561 e. The van der Waals surface area contributed by atoms with Gasteiger partial charge >= 0.3 is 33.0 Å². The van der Waals surface area contributed by atoms with Gasteiger partial charge in [0.05, 0.1) is 52.0 Å². The molecule has 18 heteroatoms. The quantitative estimate of drug-likeness (QED) is 0.0218. The Kier molecular flexibility index (Phi) is 33.1. The van der Waals surface area contributed by atoms with Crippen molar-refractivity contribution in [2.24, 2.45) is 0 Å². The van der Waals surface area contributed by atoms with E-state index >= 15 is 0 Å². The lowest BCUT2D eigenvalue weighted by Gasteiger charge is -2.11. The van der Waals surface area contributed by atoms with Crippen molar-refractivity contribution in [1.82, 2.24) is 13.7 Å². The van der Waals surface area contributed by atoms with E-state index in [1.807, 2.05) is 0 Å². The third-order valence-electron chi connectivity index (χ3n) is 8.14. The van der Waals surface area contributed by atoms with E-state index in [1.165, 1.54) is 109 Å². The molecule has 1 aromatic heterocycles. The van der Waals surface area contributed by atoms with Crippen LogP contribution in [0.1, 0.15) is 136 Å². The summed E-state index contributed by atoms with van der Waals surface area (Å²) < 4.78 is 18.8. The molecule has 54 heavy (non-hydrogen) atoms. The van der Waals surface area contributed by atoms with Crippen LogP contribution in [0.25, 0.3) is 0 Å².